The zero-order chi connectivity index (χ0) is 24.0. The van der Waals surface area contributed by atoms with Crippen LogP contribution >= 0.6 is 0 Å². The summed E-state index contributed by atoms with van der Waals surface area (Å²) in [5.74, 6) is -0.474. The molecule has 1 aliphatic heterocycles. The van der Waals surface area contributed by atoms with Gasteiger partial charge in [0.25, 0.3) is 17.7 Å². The van der Waals surface area contributed by atoms with Gasteiger partial charge in [0, 0.05) is 18.0 Å². The van der Waals surface area contributed by atoms with Gasteiger partial charge in [-0.05, 0) is 17.7 Å². The van der Waals surface area contributed by atoms with E-state index in [-0.39, 0.29) is 42.0 Å². The van der Waals surface area contributed by atoms with Gasteiger partial charge in [-0.1, -0.05) is 26.8 Å². The molecule has 0 saturated carbocycles. The average Bonchev–Trinajstić information content (AvgIpc) is 3.44. The summed E-state index contributed by atoms with van der Waals surface area (Å²) in [6.45, 7) is 5.84. The van der Waals surface area contributed by atoms with Crippen molar-refractivity contribution in [2.75, 3.05) is 11.9 Å². The lowest BCUT2D eigenvalue weighted by molar-refractivity contribution is -0.118. The van der Waals surface area contributed by atoms with Gasteiger partial charge in [0.2, 0.25) is 5.89 Å². The molecular formula is C22H20FN7O4. The van der Waals surface area contributed by atoms with Crippen molar-refractivity contribution in [1.82, 2.24) is 30.1 Å². The van der Waals surface area contributed by atoms with E-state index in [0.717, 1.165) is 11.8 Å². The lowest BCUT2D eigenvalue weighted by Gasteiger charge is -2.18. The number of ether oxygens (including phenoxy) is 1. The molecule has 0 radical (unpaired) electrons. The summed E-state index contributed by atoms with van der Waals surface area (Å²) in [6, 6.07) is 6.60. The Hall–Kier alpha value is -4.35. The van der Waals surface area contributed by atoms with Gasteiger partial charge >= 0.3 is 0 Å². The Balaban J connectivity index is 1.43. The van der Waals surface area contributed by atoms with E-state index >= 15 is 0 Å². The Bertz CT molecular complexity index is 1440. The number of aromatic nitrogens is 5. The van der Waals surface area contributed by atoms with Crippen LogP contribution in [0.25, 0.3) is 17.2 Å². The van der Waals surface area contributed by atoms with Gasteiger partial charge in [-0.3, -0.25) is 9.59 Å². The molecule has 0 atom stereocenters. The van der Waals surface area contributed by atoms with Crippen LogP contribution in [0.4, 0.5) is 10.1 Å². The summed E-state index contributed by atoms with van der Waals surface area (Å²) < 4.78 is 26.6. The standard InChI is InChI=1S/C22H20FN7O4/c1-22(2,3)21-29-28-20(34-21)15-7-14(27-18-12(23)9-25-30(15)18)19(32)24-8-11-4-5-16-13(6-11)26-17(31)10-33-16/h4-7,9H,8,10H2,1-3H3,(H,24,32)(H,26,31). The van der Waals surface area contributed by atoms with Crippen molar-refractivity contribution < 1.29 is 23.1 Å². The van der Waals surface area contributed by atoms with Crippen LogP contribution in [0.15, 0.2) is 34.9 Å². The van der Waals surface area contributed by atoms with Crippen LogP contribution in [-0.4, -0.2) is 43.2 Å². The molecule has 12 heteroatoms. The van der Waals surface area contributed by atoms with Crippen molar-refractivity contribution >= 4 is 23.1 Å². The van der Waals surface area contributed by atoms with Gasteiger partial charge in [0.05, 0.1) is 11.9 Å². The third kappa shape index (κ3) is 3.93. The fourth-order valence-electron chi connectivity index (χ4n) is 3.35. The van der Waals surface area contributed by atoms with Crippen LogP contribution in [0.2, 0.25) is 0 Å². The monoisotopic (exact) mass is 465 g/mol. The Morgan fingerprint density at radius 3 is 2.85 bits per heavy atom. The number of rotatable bonds is 4. The zero-order valence-electron chi connectivity index (χ0n) is 18.5. The summed E-state index contributed by atoms with van der Waals surface area (Å²) >= 11 is 0. The highest BCUT2D eigenvalue weighted by atomic mass is 19.1. The minimum Gasteiger partial charge on any atom is -0.482 e. The Labute approximate surface area is 192 Å². The summed E-state index contributed by atoms with van der Waals surface area (Å²) in [6.07, 6.45) is 0.998. The lowest BCUT2D eigenvalue weighted by Crippen LogP contribution is -2.26. The van der Waals surface area contributed by atoms with Gasteiger partial charge in [0.1, 0.15) is 17.1 Å². The number of halogens is 1. The molecule has 4 aromatic rings. The maximum Gasteiger partial charge on any atom is 0.270 e. The molecule has 0 aliphatic carbocycles. The predicted molar refractivity (Wildman–Crippen MR) is 117 cm³/mol. The molecule has 11 nitrogen and oxygen atoms in total. The number of benzene rings is 1. The number of hydrogen-bond acceptors (Lipinski definition) is 8. The second kappa shape index (κ2) is 7.90. The smallest absolute Gasteiger partial charge is 0.270 e. The van der Waals surface area contributed by atoms with E-state index in [4.69, 9.17) is 9.15 Å². The molecule has 2 N–H and O–H groups in total. The van der Waals surface area contributed by atoms with Crippen molar-refractivity contribution in [3.63, 3.8) is 0 Å². The van der Waals surface area contributed by atoms with Crippen molar-refractivity contribution in [3.8, 4) is 17.3 Å². The summed E-state index contributed by atoms with van der Waals surface area (Å²) in [5, 5.41) is 17.5. The topological polar surface area (TPSA) is 137 Å². The third-order valence-corrected chi connectivity index (χ3v) is 5.08. The van der Waals surface area contributed by atoms with Crippen molar-refractivity contribution in [2.24, 2.45) is 0 Å². The number of hydrogen-bond donors (Lipinski definition) is 2. The minimum atomic E-state index is -0.697. The van der Waals surface area contributed by atoms with Crippen LogP contribution in [0.5, 0.6) is 5.75 Å². The number of fused-ring (bicyclic) bond motifs is 2. The second-order valence-electron chi connectivity index (χ2n) is 8.77. The summed E-state index contributed by atoms with van der Waals surface area (Å²) in [5.41, 5.74) is 0.889. The van der Waals surface area contributed by atoms with Gasteiger partial charge in [-0.25, -0.2) is 13.9 Å². The number of nitrogens with one attached hydrogen (secondary N) is 2. The van der Waals surface area contributed by atoms with Crippen LogP contribution in [0.1, 0.15) is 42.7 Å². The Morgan fingerprint density at radius 1 is 1.26 bits per heavy atom. The number of anilines is 1. The van der Waals surface area contributed by atoms with Gasteiger partial charge in [-0.2, -0.15) is 5.10 Å². The van der Waals surface area contributed by atoms with Crippen LogP contribution in [0.3, 0.4) is 0 Å². The zero-order valence-corrected chi connectivity index (χ0v) is 18.5. The predicted octanol–water partition coefficient (Wildman–Crippen LogP) is 2.48. The first-order valence-corrected chi connectivity index (χ1v) is 10.4. The fourth-order valence-corrected chi connectivity index (χ4v) is 3.35. The molecule has 4 heterocycles. The molecule has 34 heavy (non-hydrogen) atoms. The van der Waals surface area contributed by atoms with Crippen molar-refractivity contribution in [3.05, 3.63) is 53.4 Å². The van der Waals surface area contributed by atoms with Gasteiger partial charge < -0.3 is 19.8 Å². The highest BCUT2D eigenvalue weighted by Crippen LogP contribution is 2.29. The van der Waals surface area contributed by atoms with E-state index in [0.29, 0.717) is 17.3 Å². The highest BCUT2D eigenvalue weighted by molar-refractivity contribution is 5.95. The molecule has 1 aromatic carbocycles. The quantitative estimate of drug-likeness (QED) is 0.469. The van der Waals surface area contributed by atoms with Gasteiger partial charge in [0.15, 0.2) is 18.1 Å². The molecule has 0 saturated heterocycles. The molecule has 3 aromatic heterocycles. The lowest BCUT2D eigenvalue weighted by atomic mass is 9.97. The number of nitrogens with zero attached hydrogens (tertiary/aromatic N) is 5. The van der Waals surface area contributed by atoms with E-state index in [1.807, 2.05) is 20.8 Å². The van der Waals surface area contributed by atoms with E-state index in [9.17, 15) is 14.0 Å². The molecule has 0 fully saturated rings. The Kier molecular flexibility index (Phi) is 5.00. The largest absolute Gasteiger partial charge is 0.482 e. The molecule has 5 rings (SSSR count). The van der Waals surface area contributed by atoms with E-state index in [1.54, 1.807) is 18.2 Å². The Morgan fingerprint density at radius 2 is 2.09 bits per heavy atom. The van der Waals surface area contributed by atoms with Gasteiger partial charge in [-0.15, -0.1) is 10.2 Å². The summed E-state index contributed by atoms with van der Waals surface area (Å²) in [7, 11) is 0. The van der Waals surface area contributed by atoms with E-state index in [1.165, 1.54) is 10.6 Å². The molecule has 0 spiro atoms. The van der Waals surface area contributed by atoms with E-state index in [2.05, 4.69) is 30.9 Å². The van der Waals surface area contributed by atoms with Crippen LogP contribution < -0.4 is 15.4 Å². The second-order valence-corrected chi connectivity index (χ2v) is 8.77. The number of carbonyl (C=O) groups is 2. The van der Waals surface area contributed by atoms with Crippen molar-refractivity contribution in [2.45, 2.75) is 32.7 Å². The molecule has 1 aliphatic rings. The average molecular weight is 465 g/mol. The summed E-state index contributed by atoms with van der Waals surface area (Å²) in [4.78, 5) is 28.5. The highest BCUT2D eigenvalue weighted by Gasteiger charge is 2.25. The maximum absolute atomic E-state index is 14.3. The normalized spacial score (nSPS) is 13.4. The maximum atomic E-state index is 14.3. The molecule has 0 bridgehead atoms. The molecule has 0 unspecified atom stereocenters. The first-order valence-electron chi connectivity index (χ1n) is 10.4. The minimum absolute atomic E-state index is 0.0397. The first-order chi connectivity index (χ1) is 16.2. The molecule has 174 valence electrons. The van der Waals surface area contributed by atoms with Crippen LogP contribution in [-0.2, 0) is 16.8 Å². The number of carbonyl (C=O) groups excluding carboxylic acids is 2. The van der Waals surface area contributed by atoms with Crippen LogP contribution in [0, 0.1) is 5.82 Å². The molecular weight excluding hydrogens is 445 g/mol. The first kappa shape index (κ1) is 21.5. The van der Waals surface area contributed by atoms with Crippen molar-refractivity contribution in [1.29, 1.82) is 0 Å². The SMILES string of the molecule is CC(C)(C)c1nnc(-c2cc(C(=O)NCc3ccc4c(c3)NC(=O)CO4)nc3c(F)cnn23)o1. The number of amides is 2. The third-order valence-electron chi connectivity index (χ3n) is 5.08. The van der Waals surface area contributed by atoms with E-state index < -0.39 is 17.1 Å². The fraction of sp³-hybridized carbons (Fsp3) is 0.273. The molecule has 2 amide bonds.